The fraction of sp³-hybridized carbons (Fsp3) is 0.667. The van der Waals surface area contributed by atoms with Gasteiger partial charge in [-0.1, -0.05) is 25.6 Å². The van der Waals surface area contributed by atoms with Crippen molar-refractivity contribution in [3.63, 3.8) is 0 Å². The van der Waals surface area contributed by atoms with Gasteiger partial charge >= 0.3 is 5.97 Å². The van der Waals surface area contributed by atoms with Crippen LogP contribution in [0.25, 0.3) is 0 Å². The maximum absolute atomic E-state index is 11.7. The number of esters is 1. The van der Waals surface area contributed by atoms with Gasteiger partial charge in [0.05, 0.1) is 0 Å². The number of alkyl halides is 2. The topological polar surface area (TPSA) is 26.3 Å². The van der Waals surface area contributed by atoms with Crippen LogP contribution in [-0.2, 0) is 9.53 Å². The summed E-state index contributed by atoms with van der Waals surface area (Å²) in [5.41, 5.74) is 2.95. The number of rotatable bonds is 3. The van der Waals surface area contributed by atoms with E-state index in [0.717, 1.165) is 0 Å². The Kier molecular flexibility index (Phi) is 5.39. The highest BCUT2D eigenvalue weighted by molar-refractivity contribution is 6.83. The molecule has 0 aromatic carbocycles. The summed E-state index contributed by atoms with van der Waals surface area (Å²) >= 11 is 0. The summed E-state index contributed by atoms with van der Waals surface area (Å²) in [7, 11) is -1.46. The van der Waals surface area contributed by atoms with E-state index >= 15 is 0 Å². The van der Waals surface area contributed by atoms with Gasteiger partial charge in [0.25, 0.3) is 0 Å². The first kappa shape index (κ1) is 13.1. The van der Waals surface area contributed by atoms with Crippen LogP contribution in [0.5, 0.6) is 0 Å². The molecule has 0 unspecified atom stereocenters. The first-order valence-corrected chi connectivity index (χ1v) is 7.75. The summed E-state index contributed by atoms with van der Waals surface area (Å²) in [5, 5.41) is 0. The molecule has 0 aromatic heterocycles. The minimum Gasteiger partial charge on any atom is -0.452 e. The van der Waals surface area contributed by atoms with E-state index in [4.69, 9.17) is 0 Å². The molecular formula is C9H14F2O2Si. The Morgan fingerprint density at radius 3 is 2.43 bits per heavy atom. The molecule has 0 fully saturated rings. The number of halogens is 2. The third kappa shape index (κ3) is 9.20. The maximum atomic E-state index is 11.7. The summed E-state index contributed by atoms with van der Waals surface area (Å²) in [6.45, 7) is 6.04. The van der Waals surface area contributed by atoms with E-state index in [1.165, 1.54) is 0 Å². The predicted octanol–water partition coefficient (Wildman–Crippen LogP) is 2.07. The van der Waals surface area contributed by atoms with Crippen LogP contribution < -0.4 is 0 Å². The predicted molar refractivity (Wildman–Crippen MR) is 52.7 cm³/mol. The molecule has 0 bridgehead atoms. The fourth-order valence-corrected chi connectivity index (χ4v) is 1.21. The van der Waals surface area contributed by atoms with Crippen LogP contribution in [0.4, 0.5) is 8.78 Å². The molecule has 0 atom stereocenters. The lowest BCUT2D eigenvalue weighted by atomic mass is 10.5. The van der Waals surface area contributed by atoms with Gasteiger partial charge in [0.1, 0.15) is 14.5 Å². The maximum Gasteiger partial charge on any atom is 0.312 e. The van der Waals surface area contributed by atoms with E-state index in [-0.39, 0.29) is 6.61 Å². The second-order valence-corrected chi connectivity index (χ2v) is 8.56. The van der Waals surface area contributed by atoms with Crippen LogP contribution in [-0.4, -0.2) is 27.1 Å². The Balaban J connectivity index is 3.73. The number of hydrogen-bond acceptors (Lipinski definition) is 2. The average Bonchev–Trinajstić information content (AvgIpc) is 1.95. The van der Waals surface area contributed by atoms with Gasteiger partial charge in [-0.15, -0.1) is 5.54 Å². The SMILES string of the molecule is C[Si](C)(C)C#CCOC(=O)CC(F)F. The minimum atomic E-state index is -2.65. The molecule has 0 rings (SSSR count). The Bertz CT molecular complexity index is 248. The Morgan fingerprint density at radius 2 is 2.00 bits per heavy atom. The van der Waals surface area contributed by atoms with Crippen molar-refractivity contribution in [1.82, 2.24) is 0 Å². The number of carbonyl (C=O) groups excluding carboxylic acids is 1. The van der Waals surface area contributed by atoms with E-state index in [1.807, 2.05) is 19.6 Å². The summed E-state index contributed by atoms with van der Waals surface area (Å²) < 4.78 is 27.8. The van der Waals surface area contributed by atoms with Gasteiger partial charge in [-0.25, -0.2) is 8.78 Å². The summed E-state index contributed by atoms with van der Waals surface area (Å²) in [6.07, 6.45) is -3.50. The molecule has 0 aromatic rings. The van der Waals surface area contributed by atoms with Gasteiger partial charge in [-0.2, -0.15) is 0 Å². The lowest BCUT2D eigenvalue weighted by molar-refractivity contribution is -0.145. The summed E-state index contributed by atoms with van der Waals surface area (Å²) in [5.74, 6) is 1.75. The van der Waals surface area contributed by atoms with Crippen molar-refractivity contribution in [2.75, 3.05) is 6.61 Å². The number of ether oxygens (including phenoxy) is 1. The van der Waals surface area contributed by atoms with Gasteiger partial charge in [-0.05, 0) is 0 Å². The fourth-order valence-electron chi connectivity index (χ4n) is 0.603. The van der Waals surface area contributed by atoms with Crippen molar-refractivity contribution in [1.29, 1.82) is 0 Å². The molecule has 14 heavy (non-hydrogen) atoms. The number of hydrogen-bond donors (Lipinski definition) is 0. The molecule has 0 spiro atoms. The molecule has 0 saturated carbocycles. The lowest BCUT2D eigenvalue weighted by Crippen LogP contribution is -2.17. The second-order valence-electron chi connectivity index (χ2n) is 3.81. The Labute approximate surface area is 83.6 Å². The summed E-state index contributed by atoms with van der Waals surface area (Å²) in [6, 6.07) is 0. The largest absolute Gasteiger partial charge is 0.452 e. The molecule has 0 aliphatic rings. The second kappa shape index (κ2) is 5.76. The van der Waals surface area contributed by atoms with Crippen molar-refractivity contribution in [3.8, 4) is 11.5 Å². The highest BCUT2D eigenvalue weighted by Crippen LogP contribution is 2.00. The molecule has 0 heterocycles. The average molecular weight is 220 g/mol. The van der Waals surface area contributed by atoms with Crippen molar-refractivity contribution >= 4 is 14.0 Å². The first-order chi connectivity index (χ1) is 6.31. The Hall–Kier alpha value is -0.893. The van der Waals surface area contributed by atoms with E-state index in [1.54, 1.807) is 0 Å². The van der Waals surface area contributed by atoms with Crippen LogP contribution in [0.15, 0.2) is 0 Å². The molecule has 80 valence electrons. The molecule has 0 radical (unpaired) electrons. The quantitative estimate of drug-likeness (QED) is 0.413. The van der Waals surface area contributed by atoms with Crippen LogP contribution in [0.2, 0.25) is 19.6 Å². The summed E-state index contributed by atoms with van der Waals surface area (Å²) in [4.78, 5) is 10.6. The van der Waals surface area contributed by atoms with Crippen molar-refractivity contribution in [2.24, 2.45) is 0 Å². The first-order valence-electron chi connectivity index (χ1n) is 4.25. The van der Waals surface area contributed by atoms with Gasteiger partial charge in [0, 0.05) is 0 Å². The highest BCUT2D eigenvalue weighted by atomic mass is 28.3. The molecule has 2 nitrogen and oxygen atoms in total. The zero-order valence-corrected chi connectivity index (χ0v) is 9.56. The molecule has 0 N–H and O–H groups in total. The minimum absolute atomic E-state index is 0.0875. The third-order valence-electron chi connectivity index (χ3n) is 1.09. The van der Waals surface area contributed by atoms with Gasteiger partial charge in [-0.3, -0.25) is 4.79 Å². The molecule has 0 saturated heterocycles. The van der Waals surface area contributed by atoms with Crippen LogP contribution in [0, 0.1) is 11.5 Å². The molecule has 0 aliphatic carbocycles. The van der Waals surface area contributed by atoms with Crippen molar-refractivity contribution < 1.29 is 18.3 Å². The van der Waals surface area contributed by atoms with E-state index in [0.29, 0.717) is 0 Å². The monoisotopic (exact) mass is 220 g/mol. The normalized spacial score (nSPS) is 10.7. The van der Waals surface area contributed by atoms with E-state index < -0.39 is 26.9 Å². The van der Waals surface area contributed by atoms with Crippen LogP contribution >= 0.6 is 0 Å². The smallest absolute Gasteiger partial charge is 0.312 e. The van der Waals surface area contributed by atoms with Crippen molar-refractivity contribution in [2.45, 2.75) is 32.5 Å². The lowest BCUT2D eigenvalue weighted by Gasteiger charge is -2.03. The zero-order chi connectivity index (χ0) is 11.2. The van der Waals surface area contributed by atoms with Gasteiger partial charge < -0.3 is 4.74 Å². The van der Waals surface area contributed by atoms with Crippen LogP contribution in [0.3, 0.4) is 0 Å². The molecule has 5 heteroatoms. The molecular weight excluding hydrogens is 206 g/mol. The van der Waals surface area contributed by atoms with E-state index in [9.17, 15) is 13.6 Å². The third-order valence-corrected chi connectivity index (χ3v) is 2.02. The Morgan fingerprint density at radius 1 is 1.43 bits per heavy atom. The standard InChI is InChI=1S/C9H14F2O2Si/c1-14(2,3)6-4-5-13-9(12)7-8(10)11/h8H,5,7H2,1-3H3. The van der Waals surface area contributed by atoms with Gasteiger partial charge in [0.2, 0.25) is 6.43 Å². The highest BCUT2D eigenvalue weighted by Gasteiger charge is 2.11. The van der Waals surface area contributed by atoms with E-state index in [2.05, 4.69) is 16.2 Å². The zero-order valence-electron chi connectivity index (χ0n) is 8.56. The molecule has 0 amide bonds. The number of carbonyl (C=O) groups is 1. The van der Waals surface area contributed by atoms with Gasteiger partial charge in [0.15, 0.2) is 6.61 Å². The molecule has 0 aliphatic heterocycles. The van der Waals surface area contributed by atoms with Crippen molar-refractivity contribution in [3.05, 3.63) is 0 Å². The van der Waals surface area contributed by atoms with Crippen LogP contribution in [0.1, 0.15) is 6.42 Å².